The molecule has 1 saturated heterocycles. The summed E-state index contributed by atoms with van der Waals surface area (Å²) in [5.74, 6) is -1.61. The number of epoxide rings is 1. The lowest BCUT2D eigenvalue weighted by Crippen LogP contribution is -2.59. The summed E-state index contributed by atoms with van der Waals surface area (Å²) in [5.41, 5.74) is -1.78. The third-order valence-electron chi connectivity index (χ3n) is 2.80. The van der Waals surface area contributed by atoms with Crippen LogP contribution in [0.3, 0.4) is 0 Å². The molecule has 0 saturated carbocycles. The van der Waals surface area contributed by atoms with Gasteiger partial charge in [0.25, 0.3) is 0 Å². The van der Waals surface area contributed by atoms with Crippen molar-refractivity contribution in [3.8, 4) is 0 Å². The van der Waals surface area contributed by atoms with Crippen LogP contribution in [-0.4, -0.2) is 49.8 Å². The molecule has 7 nitrogen and oxygen atoms in total. The van der Waals surface area contributed by atoms with Crippen LogP contribution in [0.1, 0.15) is 26.7 Å². The third-order valence-corrected chi connectivity index (χ3v) is 2.80. The standard InChI is InChI=1S/C12H19NO6/c1-3-17-10(15)12(13-8-14,11(16)18-4-2)6-5-9-7-19-9/h8-9H,3-7H2,1-2H3,(H,13,14). The van der Waals surface area contributed by atoms with Gasteiger partial charge in [-0.2, -0.15) is 0 Å². The molecule has 1 N–H and O–H groups in total. The van der Waals surface area contributed by atoms with E-state index in [0.29, 0.717) is 19.4 Å². The van der Waals surface area contributed by atoms with Gasteiger partial charge < -0.3 is 19.5 Å². The minimum Gasteiger partial charge on any atom is -0.464 e. The van der Waals surface area contributed by atoms with Gasteiger partial charge in [0.1, 0.15) is 0 Å². The van der Waals surface area contributed by atoms with Gasteiger partial charge in [-0.1, -0.05) is 0 Å². The Balaban J connectivity index is 2.88. The molecule has 1 aliphatic heterocycles. The van der Waals surface area contributed by atoms with Crippen molar-refractivity contribution in [2.75, 3.05) is 19.8 Å². The van der Waals surface area contributed by atoms with E-state index >= 15 is 0 Å². The molecule has 1 aliphatic rings. The van der Waals surface area contributed by atoms with E-state index < -0.39 is 17.5 Å². The summed E-state index contributed by atoms with van der Waals surface area (Å²) in [4.78, 5) is 34.8. The van der Waals surface area contributed by atoms with Crippen molar-refractivity contribution in [3.63, 3.8) is 0 Å². The molecule has 1 fully saturated rings. The molecule has 0 radical (unpaired) electrons. The minimum atomic E-state index is -1.78. The number of nitrogens with one attached hydrogen (secondary N) is 1. The summed E-state index contributed by atoms with van der Waals surface area (Å²) in [6, 6.07) is 0. The number of rotatable bonds is 9. The summed E-state index contributed by atoms with van der Waals surface area (Å²) in [7, 11) is 0. The van der Waals surface area contributed by atoms with Gasteiger partial charge in [0, 0.05) is 0 Å². The number of carbonyl (C=O) groups is 3. The molecule has 1 amide bonds. The lowest BCUT2D eigenvalue weighted by molar-refractivity contribution is -0.167. The number of esters is 2. The average molecular weight is 273 g/mol. The number of hydrogen-bond acceptors (Lipinski definition) is 6. The normalized spacial score (nSPS) is 17.5. The van der Waals surface area contributed by atoms with E-state index in [1.807, 2.05) is 0 Å². The Morgan fingerprint density at radius 3 is 2.21 bits per heavy atom. The highest BCUT2D eigenvalue weighted by Crippen LogP contribution is 2.24. The van der Waals surface area contributed by atoms with Crippen LogP contribution in [-0.2, 0) is 28.6 Å². The maximum Gasteiger partial charge on any atom is 0.343 e. The van der Waals surface area contributed by atoms with Gasteiger partial charge in [0.2, 0.25) is 11.9 Å². The van der Waals surface area contributed by atoms with Crippen LogP contribution in [0.4, 0.5) is 0 Å². The van der Waals surface area contributed by atoms with Crippen molar-refractivity contribution in [2.24, 2.45) is 0 Å². The zero-order valence-corrected chi connectivity index (χ0v) is 11.1. The maximum atomic E-state index is 12.0. The largest absolute Gasteiger partial charge is 0.464 e. The molecular weight excluding hydrogens is 254 g/mol. The number of ether oxygens (including phenoxy) is 3. The van der Waals surface area contributed by atoms with E-state index in [2.05, 4.69) is 5.32 Å². The smallest absolute Gasteiger partial charge is 0.343 e. The van der Waals surface area contributed by atoms with Gasteiger partial charge in [-0.3, -0.25) is 4.79 Å². The molecule has 0 aromatic carbocycles. The predicted molar refractivity (Wildman–Crippen MR) is 64.2 cm³/mol. The zero-order chi connectivity index (χ0) is 14.3. The van der Waals surface area contributed by atoms with E-state index in [1.165, 1.54) is 0 Å². The van der Waals surface area contributed by atoms with Crippen molar-refractivity contribution in [3.05, 3.63) is 0 Å². The van der Waals surface area contributed by atoms with Crippen molar-refractivity contribution in [2.45, 2.75) is 38.3 Å². The second-order valence-corrected chi connectivity index (χ2v) is 4.10. The monoisotopic (exact) mass is 273 g/mol. The van der Waals surface area contributed by atoms with Gasteiger partial charge in [0.05, 0.1) is 25.9 Å². The first kappa shape index (κ1) is 15.4. The Morgan fingerprint density at radius 1 is 1.32 bits per heavy atom. The molecule has 0 bridgehead atoms. The zero-order valence-electron chi connectivity index (χ0n) is 11.1. The van der Waals surface area contributed by atoms with Crippen LogP contribution >= 0.6 is 0 Å². The fraction of sp³-hybridized carbons (Fsp3) is 0.750. The van der Waals surface area contributed by atoms with Crippen LogP contribution in [0.15, 0.2) is 0 Å². The molecule has 0 aromatic heterocycles. The molecule has 7 heteroatoms. The second-order valence-electron chi connectivity index (χ2n) is 4.10. The summed E-state index contributed by atoms with van der Waals surface area (Å²) in [5, 5.41) is 2.26. The van der Waals surface area contributed by atoms with Gasteiger partial charge in [-0.15, -0.1) is 0 Å². The Labute approximate surface area is 111 Å². The average Bonchev–Trinajstić information content (AvgIpc) is 3.19. The highest BCUT2D eigenvalue weighted by molar-refractivity contribution is 6.06. The first-order chi connectivity index (χ1) is 9.10. The molecule has 0 spiro atoms. The lowest BCUT2D eigenvalue weighted by Gasteiger charge is -2.28. The molecule has 0 aliphatic carbocycles. The summed E-state index contributed by atoms with van der Waals surface area (Å²) in [6.45, 7) is 4.07. The second kappa shape index (κ2) is 7.08. The fourth-order valence-corrected chi connectivity index (χ4v) is 1.70. The highest BCUT2D eigenvalue weighted by atomic mass is 16.6. The molecular formula is C12H19NO6. The van der Waals surface area contributed by atoms with Crippen molar-refractivity contribution >= 4 is 18.3 Å². The molecule has 1 heterocycles. The maximum absolute atomic E-state index is 12.0. The number of carbonyl (C=O) groups excluding carboxylic acids is 3. The topological polar surface area (TPSA) is 94.2 Å². The van der Waals surface area contributed by atoms with E-state index in [9.17, 15) is 14.4 Å². The summed E-state index contributed by atoms with van der Waals surface area (Å²) < 4.78 is 14.8. The SMILES string of the molecule is CCOC(=O)C(CCC1CO1)(NC=O)C(=O)OCC. The lowest BCUT2D eigenvalue weighted by atomic mass is 9.92. The molecule has 1 rings (SSSR count). The molecule has 0 aromatic rings. The Kier molecular flexibility index (Phi) is 5.75. The first-order valence-corrected chi connectivity index (χ1v) is 6.28. The van der Waals surface area contributed by atoms with E-state index in [1.54, 1.807) is 13.8 Å². The minimum absolute atomic E-state index is 0.0247. The third kappa shape index (κ3) is 3.92. The quantitative estimate of drug-likeness (QED) is 0.270. The van der Waals surface area contributed by atoms with Gasteiger partial charge in [0.15, 0.2) is 0 Å². The van der Waals surface area contributed by atoms with Crippen molar-refractivity contribution in [1.82, 2.24) is 5.32 Å². The van der Waals surface area contributed by atoms with Crippen LogP contribution in [0.25, 0.3) is 0 Å². The molecule has 19 heavy (non-hydrogen) atoms. The predicted octanol–water partition coefficient (Wildman–Crippen LogP) is -0.224. The van der Waals surface area contributed by atoms with Crippen LogP contribution in [0.2, 0.25) is 0 Å². The number of amides is 1. The van der Waals surface area contributed by atoms with Crippen LogP contribution < -0.4 is 5.32 Å². The Morgan fingerprint density at radius 2 is 1.84 bits per heavy atom. The van der Waals surface area contributed by atoms with E-state index in [0.717, 1.165) is 0 Å². The summed E-state index contributed by atoms with van der Waals surface area (Å²) in [6.07, 6.45) is 0.894. The molecule has 108 valence electrons. The van der Waals surface area contributed by atoms with Crippen molar-refractivity contribution in [1.29, 1.82) is 0 Å². The van der Waals surface area contributed by atoms with E-state index in [4.69, 9.17) is 14.2 Å². The Bertz CT molecular complexity index is 321. The van der Waals surface area contributed by atoms with Crippen LogP contribution in [0, 0.1) is 0 Å². The molecule has 1 atom stereocenters. The first-order valence-electron chi connectivity index (χ1n) is 6.28. The fourth-order valence-electron chi connectivity index (χ4n) is 1.70. The Hall–Kier alpha value is -1.63. The van der Waals surface area contributed by atoms with Gasteiger partial charge >= 0.3 is 11.9 Å². The summed E-state index contributed by atoms with van der Waals surface area (Å²) >= 11 is 0. The number of hydrogen-bond donors (Lipinski definition) is 1. The van der Waals surface area contributed by atoms with E-state index in [-0.39, 0.29) is 25.7 Å². The van der Waals surface area contributed by atoms with Gasteiger partial charge in [-0.25, -0.2) is 9.59 Å². The highest BCUT2D eigenvalue weighted by Gasteiger charge is 2.49. The van der Waals surface area contributed by atoms with Gasteiger partial charge in [-0.05, 0) is 26.7 Å². The molecule has 1 unspecified atom stereocenters. The van der Waals surface area contributed by atoms with Crippen LogP contribution in [0.5, 0.6) is 0 Å². The van der Waals surface area contributed by atoms with Crippen molar-refractivity contribution < 1.29 is 28.6 Å².